The number of rotatable bonds is 7. The fourth-order valence-electron chi connectivity index (χ4n) is 6.52. The van der Waals surface area contributed by atoms with Crippen molar-refractivity contribution in [3.63, 3.8) is 0 Å². The lowest BCUT2D eigenvalue weighted by molar-refractivity contribution is -0.128. The molecule has 0 bridgehead atoms. The number of fused-ring (bicyclic) bond motifs is 2. The van der Waals surface area contributed by atoms with Crippen LogP contribution in [0.2, 0.25) is 0 Å². The van der Waals surface area contributed by atoms with Crippen molar-refractivity contribution in [1.82, 2.24) is 19.8 Å². The highest BCUT2D eigenvalue weighted by Crippen LogP contribution is 2.35. The predicted octanol–water partition coefficient (Wildman–Crippen LogP) is 3.92. The molecular formula is C32H36FN7O2. The smallest absolute Gasteiger partial charge is 0.318 e. The first-order valence-corrected chi connectivity index (χ1v) is 14.7. The molecule has 10 heteroatoms. The molecule has 0 spiro atoms. The normalized spacial score (nSPS) is 20.8. The van der Waals surface area contributed by atoms with Crippen LogP contribution in [0.1, 0.15) is 30.5 Å². The van der Waals surface area contributed by atoms with Gasteiger partial charge in [0.2, 0.25) is 5.91 Å². The van der Waals surface area contributed by atoms with E-state index < -0.39 is 0 Å². The molecular weight excluding hydrogens is 533 g/mol. The second kappa shape index (κ2) is 11.9. The minimum Gasteiger partial charge on any atom is -0.462 e. The first-order valence-electron chi connectivity index (χ1n) is 14.7. The summed E-state index contributed by atoms with van der Waals surface area (Å²) in [6, 6.07) is 13.6. The van der Waals surface area contributed by atoms with Crippen molar-refractivity contribution in [1.29, 1.82) is 5.26 Å². The number of ether oxygens (including phenoxy) is 1. The number of hydrogen-bond acceptors (Lipinski definition) is 8. The maximum absolute atomic E-state index is 14.2. The molecule has 2 atom stereocenters. The van der Waals surface area contributed by atoms with Crippen molar-refractivity contribution in [2.24, 2.45) is 0 Å². The van der Waals surface area contributed by atoms with Gasteiger partial charge in [-0.2, -0.15) is 15.2 Å². The van der Waals surface area contributed by atoms with Crippen LogP contribution in [0.3, 0.4) is 0 Å². The Balaban J connectivity index is 1.33. The molecule has 42 heavy (non-hydrogen) atoms. The molecule has 6 rings (SSSR count). The minimum absolute atomic E-state index is 0.161. The van der Waals surface area contributed by atoms with E-state index in [1.165, 1.54) is 12.1 Å². The Labute approximate surface area is 245 Å². The number of amides is 1. The van der Waals surface area contributed by atoms with Gasteiger partial charge in [-0.25, -0.2) is 4.39 Å². The largest absolute Gasteiger partial charge is 0.462 e. The molecule has 0 saturated carbocycles. The summed E-state index contributed by atoms with van der Waals surface area (Å²) >= 11 is 0. The highest BCUT2D eigenvalue weighted by Gasteiger charge is 2.33. The van der Waals surface area contributed by atoms with Gasteiger partial charge in [-0.05, 0) is 62.5 Å². The molecule has 1 unspecified atom stereocenters. The SMILES string of the molecule is C=CC(=O)N1CCN(c2nc(OC[C@@H]3CCCN3C)nc3c2CCN(c2cccc4ccc(F)cc24)C3)CC1CC#N. The lowest BCUT2D eigenvalue weighted by Gasteiger charge is -2.42. The van der Waals surface area contributed by atoms with Crippen LogP contribution < -0.4 is 14.5 Å². The minimum atomic E-state index is -0.262. The van der Waals surface area contributed by atoms with Crippen LogP contribution >= 0.6 is 0 Å². The molecule has 3 aliphatic heterocycles. The number of halogens is 1. The lowest BCUT2D eigenvalue weighted by atomic mass is 10.0. The van der Waals surface area contributed by atoms with E-state index in [0.717, 1.165) is 59.5 Å². The summed E-state index contributed by atoms with van der Waals surface area (Å²) in [5.74, 6) is 0.393. The van der Waals surface area contributed by atoms with Gasteiger partial charge in [0, 0.05) is 48.9 Å². The second-order valence-corrected chi connectivity index (χ2v) is 11.4. The highest BCUT2D eigenvalue weighted by atomic mass is 19.1. The zero-order chi connectivity index (χ0) is 29.2. The molecule has 1 amide bonds. The summed E-state index contributed by atoms with van der Waals surface area (Å²) in [7, 11) is 2.12. The summed E-state index contributed by atoms with van der Waals surface area (Å²) in [5.41, 5.74) is 2.91. The fraction of sp³-hybridized carbons (Fsp3) is 0.438. The predicted molar refractivity (Wildman–Crippen MR) is 160 cm³/mol. The summed E-state index contributed by atoms with van der Waals surface area (Å²) in [6.07, 6.45) is 4.47. The van der Waals surface area contributed by atoms with Gasteiger partial charge in [0.05, 0.1) is 30.8 Å². The van der Waals surface area contributed by atoms with Crippen LogP contribution in [0.25, 0.3) is 10.8 Å². The Kier molecular flexibility index (Phi) is 7.94. The second-order valence-electron chi connectivity index (χ2n) is 11.4. The van der Waals surface area contributed by atoms with Crippen LogP contribution in [0.5, 0.6) is 6.01 Å². The van der Waals surface area contributed by atoms with Gasteiger partial charge in [-0.15, -0.1) is 0 Å². The molecule has 3 aromatic rings. The van der Waals surface area contributed by atoms with E-state index in [-0.39, 0.29) is 24.2 Å². The highest BCUT2D eigenvalue weighted by molar-refractivity contribution is 5.94. The number of aromatic nitrogens is 2. The molecule has 2 saturated heterocycles. The third-order valence-corrected chi connectivity index (χ3v) is 8.83. The van der Waals surface area contributed by atoms with E-state index >= 15 is 0 Å². The van der Waals surface area contributed by atoms with E-state index in [0.29, 0.717) is 51.3 Å². The van der Waals surface area contributed by atoms with Crippen molar-refractivity contribution < 1.29 is 13.9 Å². The molecule has 9 nitrogen and oxygen atoms in total. The van der Waals surface area contributed by atoms with Gasteiger partial charge < -0.3 is 24.3 Å². The van der Waals surface area contributed by atoms with Crippen molar-refractivity contribution in [3.8, 4) is 12.1 Å². The Morgan fingerprint density at radius 2 is 2.05 bits per heavy atom. The standard InChI is InChI=1S/C32H36FN7O2/c1-3-30(41)40-17-16-39(19-24(40)11-13-34)31-26-12-15-38(29-8-4-6-22-9-10-23(33)18-27(22)29)20-28(26)35-32(36-31)42-21-25-7-5-14-37(25)2/h3-4,6,8-10,18,24-25H,1,5,7,11-12,14-17,19-21H2,2H3/t24?,25-/m0/s1. The monoisotopic (exact) mass is 569 g/mol. The summed E-state index contributed by atoms with van der Waals surface area (Å²) in [5, 5.41) is 11.4. The third kappa shape index (κ3) is 5.49. The summed E-state index contributed by atoms with van der Waals surface area (Å²) in [6.45, 7) is 8.03. The van der Waals surface area contributed by atoms with Gasteiger partial charge in [0.15, 0.2) is 0 Å². The van der Waals surface area contributed by atoms with Crippen LogP contribution in [0, 0.1) is 17.1 Å². The van der Waals surface area contributed by atoms with Gasteiger partial charge in [0.1, 0.15) is 18.2 Å². The molecule has 218 valence electrons. The third-order valence-electron chi connectivity index (χ3n) is 8.83. The summed E-state index contributed by atoms with van der Waals surface area (Å²) < 4.78 is 20.5. The molecule has 0 radical (unpaired) electrons. The number of likely N-dealkylation sites (N-methyl/N-ethyl adjacent to an activating group) is 1. The van der Waals surface area contributed by atoms with Crippen LogP contribution in [-0.4, -0.2) is 84.1 Å². The molecule has 4 heterocycles. The van der Waals surface area contributed by atoms with Crippen LogP contribution in [-0.2, 0) is 17.8 Å². The Morgan fingerprint density at radius 1 is 1.17 bits per heavy atom. The molecule has 2 fully saturated rings. The first kappa shape index (κ1) is 27.9. The average Bonchev–Trinajstić information content (AvgIpc) is 3.43. The average molecular weight is 570 g/mol. The van der Waals surface area contributed by atoms with Crippen LogP contribution in [0.15, 0.2) is 49.1 Å². The number of likely N-dealkylation sites (tertiary alicyclic amines) is 1. The van der Waals surface area contributed by atoms with Crippen molar-refractivity contribution in [2.75, 3.05) is 56.2 Å². The maximum atomic E-state index is 14.2. The summed E-state index contributed by atoms with van der Waals surface area (Å²) in [4.78, 5) is 30.8. The van der Waals surface area contributed by atoms with E-state index in [2.05, 4.69) is 34.4 Å². The zero-order valence-corrected chi connectivity index (χ0v) is 24.0. The molecule has 0 aliphatic carbocycles. The van der Waals surface area contributed by atoms with Gasteiger partial charge in [-0.1, -0.05) is 24.8 Å². The molecule has 0 N–H and O–H groups in total. The zero-order valence-electron chi connectivity index (χ0n) is 24.0. The van der Waals surface area contributed by atoms with Crippen molar-refractivity contribution in [3.05, 3.63) is 66.1 Å². The van der Waals surface area contributed by atoms with Crippen LogP contribution in [0.4, 0.5) is 15.9 Å². The number of nitrogens with zero attached hydrogens (tertiary/aromatic N) is 7. The number of piperazine rings is 1. The van der Waals surface area contributed by atoms with E-state index in [1.807, 2.05) is 24.3 Å². The maximum Gasteiger partial charge on any atom is 0.318 e. The first-order chi connectivity index (χ1) is 20.4. The Morgan fingerprint density at radius 3 is 2.83 bits per heavy atom. The number of carbonyl (C=O) groups excluding carboxylic acids is 1. The Bertz CT molecular complexity index is 1540. The Hall–Kier alpha value is -4.23. The van der Waals surface area contributed by atoms with E-state index in [1.54, 1.807) is 11.0 Å². The molecule has 2 aromatic carbocycles. The van der Waals surface area contributed by atoms with Gasteiger partial charge >= 0.3 is 6.01 Å². The number of hydrogen-bond donors (Lipinski definition) is 0. The topological polar surface area (TPSA) is 88.8 Å². The van der Waals surface area contributed by atoms with E-state index in [4.69, 9.17) is 14.7 Å². The van der Waals surface area contributed by atoms with E-state index in [9.17, 15) is 14.4 Å². The number of carbonyl (C=O) groups is 1. The number of anilines is 2. The molecule has 3 aliphatic rings. The lowest BCUT2D eigenvalue weighted by Crippen LogP contribution is -2.55. The number of nitriles is 1. The molecule has 1 aromatic heterocycles. The quantitative estimate of drug-likeness (QED) is 0.396. The van der Waals surface area contributed by atoms with Gasteiger partial charge in [-0.3, -0.25) is 4.79 Å². The number of benzene rings is 2. The fourth-order valence-corrected chi connectivity index (χ4v) is 6.52. The van der Waals surface area contributed by atoms with Crippen molar-refractivity contribution >= 4 is 28.2 Å². The van der Waals surface area contributed by atoms with Crippen molar-refractivity contribution in [2.45, 2.75) is 44.3 Å². The van der Waals surface area contributed by atoms with Gasteiger partial charge in [0.25, 0.3) is 0 Å².